The van der Waals surface area contributed by atoms with Crippen LogP contribution >= 0.6 is 0 Å². The van der Waals surface area contributed by atoms with E-state index >= 15 is 0 Å². The second-order valence-electron chi connectivity index (χ2n) is 4.87. The molecule has 0 aromatic heterocycles. The normalized spacial score (nSPS) is 28.6. The Morgan fingerprint density at radius 3 is 2.76 bits per heavy atom. The van der Waals surface area contributed by atoms with Crippen molar-refractivity contribution in [2.24, 2.45) is 5.92 Å². The molecule has 1 fully saturated rings. The number of nitrogens with one attached hydrogen (secondary N) is 1. The second-order valence-corrected chi connectivity index (χ2v) is 4.87. The summed E-state index contributed by atoms with van der Waals surface area (Å²) in [6.07, 6.45) is 1.97. The number of hydrogen-bond donors (Lipinski definition) is 1. The number of benzene rings is 1. The fraction of sp³-hybridized carbons (Fsp3) is 0.571. The van der Waals surface area contributed by atoms with Crippen LogP contribution < -0.4 is 5.32 Å². The fourth-order valence-corrected chi connectivity index (χ4v) is 2.95. The third-order valence-corrected chi connectivity index (χ3v) is 3.88. The summed E-state index contributed by atoms with van der Waals surface area (Å²) in [5.74, 6) is -0.137. The van der Waals surface area contributed by atoms with Crippen LogP contribution in [-0.2, 0) is 0 Å². The van der Waals surface area contributed by atoms with E-state index in [1.54, 1.807) is 0 Å². The number of hydrogen-bond acceptors (Lipinski definition) is 1. The highest BCUT2D eigenvalue weighted by molar-refractivity contribution is 5.25. The van der Waals surface area contributed by atoms with E-state index in [1.807, 2.05) is 0 Å². The molecule has 0 amide bonds. The third-order valence-electron chi connectivity index (χ3n) is 3.88. The van der Waals surface area contributed by atoms with Gasteiger partial charge in [-0.15, -0.1) is 0 Å². The molecular weight excluding hydrogens is 220 g/mol. The second kappa shape index (κ2) is 5.13. The molecule has 94 valence electrons. The Morgan fingerprint density at radius 2 is 2.06 bits per heavy atom. The first-order chi connectivity index (χ1) is 8.13. The molecule has 1 aromatic carbocycles. The smallest absolute Gasteiger partial charge is 0.126 e. The van der Waals surface area contributed by atoms with Crippen molar-refractivity contribution in [3.8, 4) is 0 Å². The highest BCUT2D eigenvalue weighted by Crippen LogP contribution is 2.40. The van der Waals surface area contributed by atoms with Gasteiger partial charge >= 0.3 is 0 Å². The van der Waals surface area contributed by atoms with Gasteiger partial charge in [0.15, 0.2) is 0 Å². The van der Waals surface area contributed by atoms with Gasteiger partial charge in [0.05, 0.1) is 0 Å². The summed E-state index contributed by atoms with van der Waals surface area (Å²) < 4.78 is 26.9. The van der Waals surface area contributed by atoms with Gasteiger partial charge in [-0.25, -0.2) is 8.78 Å². The predicted molar refractivity (Wildman–Crippen MR) is 65.0 cm³/mol. The molecule has 0 aliphatic heterocycles. The molecule has 1 saturated carbocycles. The summed E-state index contributed by atoms with van der Waals surface area (Å²) in [6, 6.07) is 4.19. The van der Waals surface area contributed by atoms with Gasteiger partial charge in [-0.3, -0.25) is 0 Å². The molecule has 1 aliphatic carbocycles. The number of rotatable bonds is 3. The SMILES string of the molecule is CCNC1CCC(c2cc(F)ccc2F)C1C. The largest absolute Gasteiger partial charge is 0.314 e. The van der Waals surface area contributed by atoms with Crippen LogP contribution in [0.25, 0.3) is 0 Å². The van der Waals surface area contributed by atoms with E-state index in [2.05, 4.69) is 19.2 Å². The maximum absolute atomic E-state index is 13.7. The Bertz CT molecular complexity index is 392. The van der Waals surface area contributed by atoms with Gasteiger partial charge in [0, 0.05) is 6.04 Å². The summed E-state index contributed by atoms with van der Waals surface area (Å²) >= 11 is 0. The fourth-order valence-electron chi connectivity index (χ4n) is 2.95. The Morgan fingerprint density at radius 1 is 1.29 bits per heavy atom. The summed E-state index contributed by atoms with van der Waals surface area (Å²) in [5, 5.41) is 3.41. The first-order valence-electron chi connectivity index (χ1n) is 6.31. The molecule has 3 heteroatoms. The van der Waals surface area contributed by atoms with Crippen molar-refractivity contribution in [1.82, 2.24) is 5.32 Å². The maximum atomic E-state index is 13.7. The Hall–Kier alpha value is -0.960. The van der Waals surface area contributed by atoms with E-state index in [0.29, 0.717) is 17.5 Å². The lowest BCUT2D eigenvalue weighted by atomic mass is 9.88. The summed E-state index contributed by atoms with van der Waals surface area (Å²) in [6.45, 7) is 5.12. The molecular formula is C14H19F2N. The molecule has 0 spiro atoms. The van der Waals surface area contributed by atoms with Crippen LogP contribution in [0, 0.1) is 17.6 Å². The van der Waals surface area contributed by atoms with Crippen LogP contribution in [0.1, 0.15) is 38.2 Å². The molecule has 0 radical (unpaired) electrons. The number of halogens is 2. The van der Waals surface area contributed by atoms with Crippen molar-refractivity contribution in [3.05, 3.63) is 35.4 Å². The Kier molecular flexibility index (Phi) is 3.77. The molecule has 3 atom stereocenters. The third kappa shape index (κ3) is 2.49. The van der Waals surface area contributed by atoms with Crippen LogP contribution in [0.2, 0.25) is 0 Å². The van der Waals surface area contributed by atoms with Crippen LogP contribution in [0.4, 0.5) is 8.78 Å². The highest BCUT2D eigenvalue weighted by atomic mass is 19.1. The summed E-state index contributed by atoms with van der Waals surface area (Å²) in [5.41, 5.74) is 0.540. The van der Waals surface area contributed by atoms with Gasteiger partial charge in [0.1, 0.15) is 11.6 Å². The van der Waals surface area contributed by atoms with E-state index in [1.165, 1.54) is 18.2 Å². The lowest BCUT2D eigenvalue weighted by Gasteiger charge is -2.22. The predicted octanol–water partition coefficient (Wildman–Crippen LogP) is 3.46. The first-order valence-corrected chi connectivity index (χ1v) is 6.31. The zero-order chi connectivity index (χ0) is 12.4. The van der Waals surface area contributed by atoms with E-state index in [-0.39, 0.29) is 17.6 Å². The van der Waals surface area contributed by atoms with Crippen molar-refractivity contribution in [1.29, 1.82) is 0 Å². The van der Waals surface area contributed by atoms with Crippen molar-refractivity contribution >= 4 is 0 Å². The van der Waals surface area contributed by atoms with Crippen LogP contribution in [-0.4, -0.2) is 12.6 Å². The van der Waals surface area contributed by atoms with Gasteiger partial charge in [0.2, 0.25) is 0 Å². The lowest BCUT2D eigenvalue weighted by molar-refractivity contribution is 0.404. The van der Waals surface area contributed by atoms with Gasteiger partial charge < -0.3 is 5.32 Å². The van der Waals surface area contributed by atoms with Crippen molar-refractivity contribution in [3.63, 3.8) is 0 Å². The quantitative estimate of drug-likeness (QED) is 0.851. The first kappa shape index (κ1) is 12.5. The molecule has 0 heterocycles. The van der Waals surface area contributed by atoms with Crippen molar-refractivity contribution in [2.75, 3.05) is 6.54 Å². The maximum Gasteiger partial charge on any atom is 0.126 e. The van der Waals surface area contributed by atoms with E-state index in [0.717, 1.165) is 19.4 Å². The molecule has 0 saturated heterocycles. The van der Waals surface area contributed by atoms with E-state index in [4.69, 9.17) is 0 Å². The van der Waals surface area contributed by atoms with Crippen LogP contribution in [0.15, 0.2) is 18.2 Å². The monoisotopic (exact) mass is 239 g/mol. The standard InChI is InChI=1S/C14H19F2N/c1-3-17-14-7-5-11(9(14)2)12-8-10(15)4-6-13(12)16/h4,6,8-9,11,14,17H,3,5,7H2,1-2H3. The molecule has 1 aromatic rings. The van der Waals surface area contributed by atoms with Gasteiger partial charge in [-0.1, -0.05) is 13.8 Å². The highest BCUT2D eigenvalue weighted by Gasteiger charge is 2.34. The minimum absolute atomic E-state index is 0.134. The molecule has 0 bridgehead atoms. The molecule has 1 nitrogen and oxygen atoms in total. The molecule has 17 heavy (non-hydrogen) atoms. The molecule has 3 unspecified atom stereocenters. The van der Waals surface area contributed by atoms with Gasteiger partial charge in [-0.2, -0.15) is 0 Å². The Labute approximate surface area is 101 Å². The molecule has 1 aliphatic rings. The van der Waals surface area contributed by atoms with Gasteiger partial charge in [-0.05, 0) is 55.0 Å². The van der Waals surface area contributed by atoms with Crippen LogP contribution in [0.3, 0.4) is 0 Å². The van der Waals surface area contributed by atoms with E-state index < -0.39 is 0 Å². The van der Waals surface area contributed by atoms with Crippen LogP contribution in [0.5, 0.6) is 0 Å². The minimum Gasteiger partial charge on any atom is -0.314 e. The van der Waals surface area contributed by atoms with Gasteiger partial charge in [0.25, 0.3) is 0 Å². The van der Waals surface area contributed by atoms with E-state index in [9.17, 15) is 8.78 Å². The average molecular weight is 239 g/mol. The van der Waals surface area contributed by atoms with Crippen molar-refractivity contribution < 1.29 is 8.78 Å². The average Bonchev–Trinajstić information content (AvgIpc) is 2.65. The molecule has 1 N–H and O–H groups in total. The topological polar surface area (TPSA) is 12.0 Å². The zero-order valence-corrected chi connectivity index (χ0v) is 10.3. The Balaban J connectivity index is 2.20. The van der Waals surface area contributed by atoms with Crippen molar-refractivity contribution in [2.45, 2.75) is 38.6 Å². The lowest BCUT2D eigenvalue weighted by Crippen LogP contribution is -2.32. The zero-order valence-electron chi connectivity index (χ0n) is 10.3. The summed E-state index contributed by atoms with van der Waals surface area (Å²) in [7, 11) is 0. The molecule has 2 rings (SSSR count). The minimum atomic E-state index is -0.347. The summed E-state index contributed by atoms with van der Waals surface area (Å²) in [4.78, 5) is 0.